The highest BCUT2D eigenvalue weighted by molar-refractivity contribution is 7.71. The van der Waals surface area contributed by atoms with Crippen molar-refractivity contribution in [1.29, 1.82) is 0 Å². The monoisotopic (exact) mass is 359 g/mol. The molecule has 0 radical (unpaired) electrons. The Labute approximate surface area is 157 Å². The van der Waals surface area contributed by atoms with Crippen molar-refractivity contribution in [3.8, 4) is 0 Å². The highest BCUT2D eigenvalue weighted by Crippen LogP contribution is 2.58. The van der Waals surface area contributed by atoms with E-state index in [1.807, 2.05) is 0 Å². The molecule has 140 valence electrons. The molecule has 0 bridgehead atoms. The van der Waals surface area contributed by atoms with E-state index in [-0.39, 0.29) is 18.6 Å². The van der Waals surface area contributed by atoms with Crippen LogP contribution in [0.4, 0.5) is 0 Å². The van der Waals surface area contributed by atoms with Crippen LogP contribution in [-0.4, -0.2) is 9.72 Å². The molecule has 1 aliphatic rings. The predicted molar refractivity (Wildman–Crippen MR) is 115 cm³/mol. The molecular formula is C23H38NP. The van der Waals surface area contributed by atoms with Crippen LogP contribution in [0.2, 0.25) is 0 Å². The molecule has 0 fully saturated rings. The Morgan fingerprint density at radius 3 is 2.28 bits per heavy atom. The van der Waals surface area contributed by atoms with Crippen LogP contribution in [0.5, 0.6) is 0 Å². The molecule has 0 spiro atoms. The third-order valence-corrected chi connectivity index (χ3v) is 8.54. The minimum atomic E-state index is -0.374. The van der Waals surface area contributed by atoms with Gasteiger partial charge in [-0.3, -0.25) is 0 Å². The lowest BCUT2D eigenvalue weighted by atomic mass is 9.97. The van der Waals surface area contributed by atoms with Gasteiger partial charge in [-0.05, 0) is 82.6 Å². The van der Waals surface area contributed by atoms with Crippen molar-refractivity contribution < 1.29 is 0 Å². The van der Waals surface area contributed by atoms with Crippen molar-refractivity contribution in [3.63, 3.8) is 0 Å². The number of allylic oxidation sites excluding steroid dienone is 4. The van der Waals surface area contributed by atoms with Crippen molar-refractivity contribution in [2.45, 2.75) is 92.3 Å². The molecule has 2 unspecified atom stereocenters. The molecule has 1 aromatic heterocycles. The number of rotatable bonds is 3. The highest BCUT2D eigenvalue weighted by Gasteiger charge is 2.32. The maximum Gasteiger partial charge on any atom is 0.0355 e. The molecule has 0 N–H and O–H groups in total. The Hall–Kier alpha value is -0.810. The normalized spacial score (nSPS) is 21.2. The maximum absolute atomic E-state index is 2.57. The lowest BCUT2D eigenvalue weighted by molar-refractivity contribution is 0.399. The maximum atomic E-state index is 2.57. The van der Waals surface area contributed by atoms with Gasteiger partial charge in [0.15, 0.2) is 0 Å². The first-order valence-corrected chi connectivity index (χ1v) is 11.2. The molecule has 25 heavy (non-hydrogen) atoms. The van der Waals surface area contributed by atoms with E-state index in [0.29, 0.717) is 5.92 Å². The first-order chi connectivity index (χ1) is 11.4. The Kier molecular flexibility index (Phi) is 6.10. The van der Waals surface area contributed by atoms with E-state index in [0.717, 1.165) is 0 Å². The van der Waals surface area contributed by atoms with Crippen LogP contribution in [0, 0.1) is 5.92 Å². The van der Waals surface area contributed by atoms with Gasteiger partial charge in [0.1, 0.15) is 0 Å². The average molecular weight is 360 g/mol. The van der Waals surface area contributed by atoms with E-state index in [1.165, 1.54) is 24.6 Å². The molecule has 0 saturated carbocycles. The van der Waals surface area contributed by atoms with E-state index in [1.54, 1.807) is 16.5 Å². The zero-order chi connectivity index (χ0) is 19.0. The lowest BCUT2D eigenvalue weighted by Crippen LogP contribution is -2.23. The number of hydrogen-bond donors (Lipinski definition) is 0. The first-order valence-electron chi connectivity index (χ1n) is 9.84. The Morgan fingerprint density at radius 1 is 1.16 bits per heavy atom. The van der Waals surface area contributed by atoms with Gasteiger partial charge in [-0.2, -0.15) is 0 Å². The SMILES string of the molecule is CCC1=CC(P(c2ccn(C(C)(C)C)c2)C(C)(C)C)=C(C)C(C)CC1. The van der Waals surface area contributed by atoms with Crippen LogP contribution >= 0.6 is 7.92 Å². The fraction of sp³-hybridized carbons (Fsp3) is 0.652. The van der Waals surface area contributed by atoms with Crippen molar-refractivity contribution >= 4 is 13.2 Å². The van der Waals surface area contributed by atoms with Gasteiger partial charge in [0.2, 0.25) is 0 Å². The molecule has 0 aliphatic heterocycles. The molecule has 0 amide bonds. The van der Waals surface area contributed by atoms with Crippen LogP contribution in [0.1, 0.15) is 81.6 Å². The van der Waals surface area contributed by atoms with E-state index >= 15 is 0 Å². The molecule has 1 aromatic rings. The summed E-state index contributed by atoms with van der Waals surface area (Å²) in [5.74, 6) is 0.687. The summed E-state index contributed by atoms with van der Waals surface area (Å²) in [6, 6.07) is 2.37. The summed E-state index contributed by atoms with van der Waals surface area (Å²) in [7, 11) is -0.374. The van der Waals surface area contributed by atoms with Crippen LogP contribution < -0.4 is 5.30 Å². The molecule has 1 nitrogen and oxygen atoms in total. The largest absolute Gasteiger partial charge is 0.348 e. The van der Waals surface area contributed by atoms with Gasteiger partial charge in [0.05, 0.1) is 0 Å². The van der Waals surface area contributed by atoms with Gasteiger partial charge in [0.25, 0.3) is 0 Å². The highest BCUT2D eigenvalue weighted by atomic mass is 31.1. The fourth-order valence-corrected chi connectivity index (χ4v) is 6.71. The second-order valence-electron chi connectivity index (χ2n) is 9.62. The van der Waals surface area contributed by atoms with Crippen LogP contribution in [0.3, 0.4) is 0 Å². The minimum Gasteiger partial charge on any atom is -0.348 e. The number of nitrogens with zero attached hydrogens (tertiary/aromatic N) is 1. The summed E-state index contributed by atoms with van der Waals surface area (Å²) in [6.07, 6.45) is 11.0. The predicted octanol–water partition coefficient (Wildman–Crippen LogP) is 7.19. The topological polar surface area (TPSA) is 4.93 Å². The minimum absolute atomic E-state index is 0.141. The molecule has 2 heteroatoms. The Morgan fingerprint density at radius 2 is 1.80 bits per heavy atom. The molecule has 0 aromatic carbocycles. The van der Waals surface area contributed by atoms with Crippen LogP contribution in [-0.2, 0) is 5.54 Å². The fourth-order valence-electron chi connectivity index (χ4n) is 3.59. The van der Waals surface area contributed by atoms with Crippen molar-refractivity contribution in [3.05, 3.63) is 41.0 Å². The van der Waals surface area contributed by atoms with Gasteiger partial charge in [-0.1, -0.05) is 51.8 Å². The summed E-state index contributed by atoms with van der Waals surface area (Å²) in [4.78, 5) is 0. The van der Waals surface area contributed by atoms with Crippen molar-refractivity contribution in [2.24, 2.45) is 5.92 Å². The standard InChI is InChI=1S/C23H38NP/c1-10-19-12-11-17(2)18(3)21(15-19)25(23(7,8)9)20-13-14-24(16-20)22(4,5)6/h13-17H,10-12H2,1-9H3. The van der Waals surface area contributed by atoms with E-state index < -0.39 is 0 Å². The summed E-state index contributed by atoms with van der Waals surface area (Å²) >= 11 is 0. The van der Waals surface area contributed by atoms with Crippen molar-refractivity contribution in [2.75, 3.05) is 0 Å². The summed E-state index contributed by atoms with van der Waals surface area (Å²) < 4.78 is 2.38. The molecule has 2 atom stereocenters. The van der Waals surface area contributed by atoms with Gasteiger partial charge in [0, 0.05) is 17.9 Å². The second-order valence-corrected chi connectivity index (χ2v) is 12.6. The summed E-state index contributed by atoms with van der Waals surface area (Å²) in [5.41, 5.74) is 3.39. The van der Waals surface area contributed by atoms with Crippen molar-refractivity contribution in [1.82, 2.24) is 4.57 Å². The van der Waals surface area contributed by atoms with Gasteiger partial charge < -0.3 is 4.57 Å². The van der Waals surface area contributed by atoms with Gasteiger partial charge in [-0.25, -0.2) is 0 Å². The summed E-state index contributed by atoms with van der Waals surface area (Å²) in [5, 5.41) is 3.42. The Balaban J connectivity index is 2.61. The molecule has 1 heterocycles. The third kappa shape index (κ3) is 4.68. The van der Waals surface area contributed by atoms with E-state index in [4.69, 9.17) is 0 Å². The second kappa shape index (κ2) is 7.43. The van der Waals surface area contributed by atoms with E-state index in [2.05, 4.69) is 91.4 Å². The zero-order valence-electron chi connectivity index (χ0n) is 17.9. The molecular weight excluding hydrogens is 321 g/mol. The number of aromatic nitrogens is 1. The van der Waals surface area contributed by atoms with Crippen LogP contribution in [0.25, 0.3) is 0 Å². The number of hydrogen-bond acceptors (Lipinski definition) is 0. The molecule has 0 saturated heterocycles. The molecule has 2 rings (SSSR count). The molecule has 1 aliphatic carbocycles. The van der Waals surface area contributed by atoms with Gasteiger partial charge >= 0.3 is 0 Å². The third-order valence-electron chi connectivity index (χ3n) is 5.46. The summed E-state index contributed by atoms with van der Waals surface area (Å²) in [6.45, 7) is 21.2. The lowest BCUT2D eigenvalue weighted by Gasteiger charge is -2.34. The zero-order valence-corrected chi connectivity index (χ0v) is 18.8. The van der Waals surface area contributed by atoms with Crippen LogP contribution in [0.15, 0.2) is 41.0 Å². The van der Waals surface area contributed by atoms with E-state index in [9.17, 15) is 0 Å². The first kappa shape index (κ1) is 20.5. The smallest absolute Gasteiger partial charge is 0.0355 e. The average Bonchev–Trinajstić information content (AvgIpc) is 2.92. The Bertz CT molecular complexity index is 661. The van der Waals surface area contributed by atoms with Gasteiger partial charge in [-0.15, -0.1) is 0 Å². The quantitative estimate of drug-likeness (QED) is 0.503.